The molecule has 118 valence electrons. The van der Waals surface area contributed by atoms with E-state index in [-0.39, 0.29) is 0 Å². The summed E-state index contributed by atoms with van der Waals surface area (Å²) in [6.45, 7) is 5.29. The molecular formula is C15H25N3O2S. The molecule has 1 heterocycles. The molecule has 21 heavy (non-hydrogen) atoms. The van der Waals surface area contributed by atoms with Gasteiger partial charge in [0.25, 0.3) is 0 Å². The van der Waals surface area contributed by atoms with Gasteiger partial charge in [0.1, 0.15) is 0 Å². The van der Waals surface area contributed by atoms with Crippen LogP contribution in [0.25, 0.3) is 0 Å². The van der Waals surface area contributed by atoms with Gasteiger partial charge in [-0.3, -0.25) is 0 Å². The van der Waals surface area contributed by atoms with Crippen LogP contribution in [0.2, 0.25) is 0 Å². The fourth-order valence-electron chi connectivity index (χ4n) is 2.64. The smallest absolute Gasteiger partial charge is 0.240 e. The zero-order valence-corrected chi connectivity index (χ0v) is 13.6. The fraction of sp³-hybridized carbons (Fsp3) is 0.600. The molecule has 1 aliphatic rings. The van der Waals surface area contributed by atoms with Crippen molar-refractivity contribution in [2.24, 2.45) is 0 Å². The molecule has 1 aliphatic heterocycles. The standard InChI is InChI=1S/C15H25N3O2S/c1-3-10-17-13-8-11-18(12-9-13)14-4-6-15(7-5-14)21(19,20)16-2/h4-7,13,16-17H,3,8-12H2,1-2H3. The molecule has 0 radical (unpaired) electrons. The van der Waals surface area contributed by atoms with Crippen molar-refractivity contribution in [3.8, 4) is 0 Å². The van der Waals surface area contributed by atoms with Gasteiger partial charge in [-0.1, -0.05) is 6.92 Å². The highest BCUT2D eigenvalue weighted by molar-refractivity contribution is 7.89. The number of hydrogen-bond donors (Lipinski definition) is 2. The molecule has 0 unspecified atom stereocenters. The molecule has 1 fully saturated rings. The molecule has 1 aromatic carbocycles. The highest BCUT2D eigenvalue weighted by Crippen LogP contribution is 2.22. The Morgan fingerprint density at radius 2 is 1.81 bits per heavy atom. The van der Waals surface area contributed by atoms with E-state index in [1.54, 1.807) is 12.1 Å². The first-order valence-corrected chi connectivity index (χ1v) is 9.07. The van der Waals surface area contributed by atoms with Crippen LogP contribution in [0, 0.1) is 0 Å². The Morgan fingerprint density at radius 1 is 1.19 bits per heavy atom. The third kappa shape index (κ3) is 4.18. The van der Waals surface area contributed by atoms with Crippen molar-refractivity contribution in [1.82, 2.24) is 10.0 Å². The van der Waals surface area contributed by atoms with Gasteiger partial charge in [0.15, 0.2) is 0 Å². The van der Waals surface area contributed by atoms with Crippen molar-refractivity contribution in [1.29, 1.82) is 0 Å². The third-order valence-corrected chi connectivity index (χ3v) is 5.39. The lowest BCUT2D eigenvalue weighted by molar-refractivity contribution is 0.416. The summed E-state index contributed by atoms with van der Waals surface area (Å²) in [5.74, 6) is 0. The summed E-state index contributed by atoms with van der Waals surface area (Å²) in [6.07, 6.45) is 3.44. The molecule has 2 N–H and O–H groups in total. The molecule has 0 bridgehead atoms. The first-order valence-electron chi connectivity index (χ1n) is 7.58. The van der Waals surface area contributed by atoms with Gasteiger partial charge in [-0.2, -0.15) is 0 Å². The molecule has 6 heteroatoms. The lowest BCUT2D eigenvalue weighted by Gasteiger charge is -2.34. The molecule has 0 aromatic heterocycles. The van der Waals surface area contributed by atoms with E-state index in [4.69, 9.17) is 0 Å². The van der Waals surface area contributed by atoms with Crippen LogP contribution in [0.1, 0.15) is 26.2 Å². The zero-order chi connectivity index (χ0) is 15.3. The SMILES string of the molecule is CCCNC1CCN(c2ccc(S(=O)(=O)NC)cc2)CC1. The average molecular weight is 311 g/mol. The van der Waals surface area contributed by atoms with Crippen LogP contribution in [0.5, 0.6) is 0 Å². The van der Waals surface area contributed by atoms with Crippen LogP contribution in [0.3, 0.4) is 0 Å². The minimum absolute atomic E-state index is 0.313. The van der Waals surface area contributed by atoms with E-state index in [0.29, 0.717) is 10.9 Å². The average Bonchev–Trinajstić information content (AvgIpc) is 2.53. The van der Waals surface area contributed by atoms with E-state index in [2.05, 4.69) is 21.9 Å². The Kier molecular flexibility index (Phi) is 5.61. The van der Waals surface area contributed by atoms with Crippen molar-refractivity contribution in [3.63, 3.8) is 0 Å². The maximum absolute atomic E-state index is 11.7. The number of benzene rings is 1. The van der Waals surface area contributed by atoms with Crippen molar-refractivity contribution >= 4 is 15.7 Å². The molecule has 2 rings (SSSR count). The van der Waals surface area contributed by atoms with Crippen molar-refractivity contribution < 1.29 is 8.42 Å². The second-order valence-electron chi connectivity index (χ2n) is 5.42. The van der Waals surface area contributed by atoms with Gasteiger partial charge in [-0.25, -0.2) is 13.1 Å². The summed E-state index contributed by atoms with van der Waals surface area (Å²) >= 11 is 0. The molecule has 1 saturated heterocycles. The summed E-state index contributed by atoms with van der Waals surface area (Å²) < 4.78 is 25.7. The van der Waals surface area contributed by atoms with Crippen LogP contribution < -0.4 is 14.9 Å². The van der Waals surface area contributed by atoms with E-state index in [0.717, 1.165) is 38.2 Å². The van der Waals surface area contributed by atoms with E-state index >= 15 is 0 Å². The highest BCUT2D eigenvalue weighted by Gasteiger charge is 2.19. The Bertz CT molecular complexity index is 535. The zero-order valence-electron chi connectivity index (χ0n) is 12.8. The Labute approximate surface area is 127 Å². The van der Waals surface area contributed by atoms with Crippen molar-refractivity contribution in [2.45, 2.75) is 37.1 Å². The highest BCUT2D eigenvalue weighted by atomic mass is 32.2. The van der Waals surface area contributed by atoms with Crippen molar-refractivity contribution in [2.75, 3.05) is 31.6 Å². The molecule has 0 amide bonds. The van der Waals surface area contributed by atoms with Crippen LogP contribution in [0.4, 0.5) is 5.69 Å². The third-order valence-electron chi connectivity index (χ3n) is 3.96. The molecule has 5 nitrogen and oxygen atoms in total. The predicted octanol–water partition coefficient (Wildman–Crippen LogP) is 1.56. The molecule has 1 aromatic rings. The second-order valence-corrected chi connectivity index (χ2v) is 7.30. The number of anilines is 1. The number of hydrogen-bond acceptors (Lipinski definition) is 4. The Balaban J connectivity index is 1.95. The molecule has 0 spiro atoms. The number of sulfonamides is 1. The van der Waals surface area contributed by atoms with Crippen LogP contribution in [-0.4, -0.2) is 41.1 Å². The number of nitrogens with one attached hydrogen (secondary N) is 2. The van der Waals surface area contributed by atoms with Gasteiger partial charge < -0.3 is 10.2 Å². The maximum Gasteiger partial charge on any atom is 0.240 e. The summed E-state index contributed by atoms with van der Waals surface area (Å²) in [4.78, 5) is 2.63. The molecular weight excluding hydrogens is 286 g/mol. The summed E-state index contributed by atoms with van der Waals surface area (Å²) in [5, 5.41) is 3.57. The Hall–Kier alpha value is -1.11. The number of nitrogens with zero attached hydrogens (tertiary/aromatic N) is 1. The van der Waals surface area contributed by atoms with Crippen molar-refractivity contribution in [3.05, 3.63) is 24.3 Å². The topological polar surface area (TPSA) is 61.4 Å². The lowest BCUT2D eigenvalue weighted by Crippen LogP contribution is -2.42. The van der Waals surface area contributed by atoms with Gasteiger partial charge >= 0.3 is 0 Å². The summed E-state index contributed by atoms with van der Waals surface area (Å²) in [7, 11) is -1.92. The van der Waals surface area contributed by atoms with E-state index < -0.39 is 10.0 Å². The van der Waals surface area contributed by atoms with Gasteiger partial charge in [0, 0.05) is 24.8 Å². The minimum Gasteiger partial charge on any atom is -0.371 e. The monoisotopic (exact) mass is 311 g/mol. The first-order chi connectivity index (χ1) is 10.1. The number of piperidine rings is 1. The quantitative estimate of drug-likeness (QED) is 0.837. The second kappa shape index (κ2) is 7.24. The van der Waals surface area contributed by atoms with Gasteiger partial charge in [0.2, 0.25) is 10.0 Å². The number of rotatable bonds is 6. The van der Waals surface area contributed by atoms with Gasteiger partial charge in [-0.15, -0.1) is 0 Å². The first kappa shape index (κ1) is 16.3. The predicted molar refractivity (Wildman–Crippen MR) is 86.2 cm³/mol. The van der Waals surface area contributed by atoms with Gasteiger partial charge in [0.05, 0.1) is 4.90 Å². The maximum atomic E-state index is 11.7. The molecule has 0 saturated carbocycles. The summed E-state index contributed by atoms with van der Waals surface area (Å²) in [5.41, 5.74) is 1.10. The van der Waals surface area contributed by atoms with E-state index in [1.807, 2.05) is 12.1 Å². The van der Waals surface area contributed by atoms with E-state index in [1.165, 1.54) is 13.5 Å². The van der Waals surface area contributed by atoms with Crippen LogP contribution in [-0.2, 0) is 10.0 Å². The Morgan fingerprint density at radius 3 is 2.33 bits per heavy atom. The van der Waals surface area contributed by atoms with Crippen LogP contribution in [0.15, 0.2) is 29.2 Å². The molecule has 0 aliphatic carbocycles. The largest absolute Gasteiger partial charge is 0.371 e. The van der Waals surface area contributed by atoms with Crippen LogP contribution >= 0.6 is 0 Å². The molecule has 0 atom stereocenters. The lowest BCUT2D eigenvalue weighted by atomic mass is 10.0. The van der Waals surface area contributed by atoms with Gasteiger partial charge in [-0.05, 0) is 57.1 Å². The normalized spacial score (nSPS) is 17.1. The fourth-order valence-corrected chi connectivity index (χ4v) is 3.37. The minimum atomic E-state index is -3.34. The van der Waals surface area contributed by atoms with E-state index in [9.17, 15) is 8.42 Å². The summed E-state index contributed by atoms with van der Waals surface area (Å²) in [6, 6.07) is 7.74.